The van der Waals surface area contributed by atoms with E-state index in [2.05, 4.69) is 37.4 Å². The van der Waals surface area contributed by atoms with Crippen LogP contribution in [-0.4, -0.2) is 17.1 Å². The summed E-state index contributed by atoms with van der Waals surface area (Å²) in [4.78, 5) is 11.2. The van der Waals surface area contributed by atoms with E-state index in [1.807, 2.05) is 20.8 Å². The van der Waals surface area contributed by atoms with Crippen LogP contribution in [0.5, 0.6) is 0 Å². The molecule has 2 atom stereocenters. The largest absolute Gasteiger partial charge is 0.480 e. The first kappa shape index (κ1) is 14.7. The van der Waals surface area contributed by atoms with Crippen LogP contribution in [0.3, 0.4) is 0 Å². The van der Waals surface area contributed by atoms with E-state index in [1.165, 1.54) is 11.1 Å². The molecule has 3 heteroatoms. The molecule has 2 unspecified atom stereocenters. The smallest absolute Gasteiger partial charge is 0.320 e. The maximum atomic E-state index is 11.2. The molecule has 1 aromatic carbocycles. The Bertz CT molecular complexity index is 427. The summed E-state index contributed by atoms with van der Waals surface area (Å²) in [5.41, 5.74) is 3.58. The Balaban J connectivity index is 2.87. The molecule has 3 nitrogen and oxygen atoms in total. The minimum atomic E-state index is -0.790. The summed E-state index contributed by atoms with van der Waals surface area (Å²) in [5, 5.41) is 12.4. The quantitative estimate of drug-likeness (QED) is 0.843. The Morgan fingerprint density at radius 3 is 2.28 bits per heavy atom. The maximum Gasteiger partial charge on any atom is 0.320 e. The molecule has 0 bridgehead atoms. The molecule has 18 heavy (non-hydrogen) atoms. The van der Waals surface area contributed by atoms with Crippen molar-refractivity contribution in [1.82, 2.24) is 5.32 Å². The zero-order valence-corrected chi connectivity index (χ0v) is 11.8. The Labute approximate surface area is 109 Å². The normalized spacial score (nSPS) is 14.6. The van der Waals surface area contributed by atoms with Gasteiger partial charge in [-0.15, -0.1) is 0 Å². The van der Waals surface area contributed by atoms with E-state index >= 15 is 0 Å². The number of nitrogens with one attached hydrogen (secondary N) is 1. The van der Waals surface area contributed by atoms with Crippen molar-refractivity contribution in [3.63, 3.8) is 0 Å². The summed E-state index contributed by atoms with van der Waals surface area (Å²) >= 11 is 0. The number of aryl methyl sites for hydroxylation is 2. The summed E-state index contributed by atoms with van der Waals surface area (Å²) in [6, 6.07) is 5.78. The highest BCUT2D eigenvalue weighted by Crippen LogP contribution is 2.20. The summed E-state index contributed by atoms with van der Waals surface area (Å²) in [5.74, 6) is -0.725. The summed E-state index contributed by atoms with van der Waals surface area (Å²) in [7, 11) is 0. The molecule has 1 rings (SSSR count). The van der Waals surface area contributed by atoms with Gasteiger partial charge in [0.2, 0.25) is 0 Å². The topological polar surface area (TPSA) is 49.3 Å². The van der Waals surface area contributed by atoms with Gasteiger partial charge in [-0.2, -0.15) is 0 Å². The van der Waals surface area contributed by atoms with Crippen LogP contribution in [0, 0.1) is 19.8 Å². The van der Waals surface area contributed by atoms with Crippen LogP contribution in [0.15, 0.2) is 18.2 Å². The minimum Gasteiger partial charge on any atom is -0.480 e. The van der Waals surface area contributed by atoms with Gasteiger partial charge < -0.3 is 5.11 Å². The minimum absolute atomic E-state index is 0.0362. The first-order chi connectivity index (χ1) is 8.32. The van der Waals surface area contributed by atoms with Crippen LogP contribution in [0.4, 0.5) is 0 Å². The molecule has 0 fully saturated rings. The van der Waals surface area contributed by atoms with Crippen molar-refractivity contribution in [3.05, 3.63) is 34.9 Å². The Hall–Kier alpha value is -1.35. The molecule has 1 aromatic rings. The van der Waals surface area contributed by atoms with E-state index in [0.29, 0.717) is 0 Å². The predicted molar refractivity (Wildman–Crippen MR) is 73.7 cm³/mol. The third-order valence-corrected chi connectivity index (χ3v) is 3.25. The number of aliphatic carboxylic acids is 1. The van der Waals surface area contributed by atoms with Gasteiger partial charge in [0.05, 0.1) is 0 Å². The van der Waals surface area contributed by atoms with Gasteiger partial charge in [0.25, 0.3) is 0 Å². The Morgan fingerprint density at radius 1 is 1.22 bits per heavy atom. The monoisotopic (exact) mass is 249 g/mol. The third-order valence-electron chi connectivity index (χ3n) is 3.25. The van der Waals surface area contributed by atoms with E-state index in [1.54, 1.807) is 0 Å². The van der Waals surface area contributed by atoms with Crippen LogP contribution in [0.25, 0.3) is 0 Å². The molecular weight excluding hydrogens is 226 g/mol. The van der Waals surface area contributed by atoms with E-state index < -0.39 is 12.0 Å². The lowest BCUT2D eigenvalue weighted by molar-refractivity contribution is -0.140. The molecule has 0 amide bonds. The molecule has 0 saturated carbocycles. The van der Waals surface area contributed by atoms with Crippen molar-refractivity contribution in [1.29, 1.82) is 0 Å². The van der Waals surface area contributed by atoms with Crippen molar-refractivity contribution >= 4 is 5.97 Å². The van der Waals surface area contributed by atoms with E-state index in [0.717, 1.165) is 5.56 Å². The van der Waals surface area contributed by atoms with Gasteiger partial charge in [-0.25, -0.2) is 0 Å². The van der Waals surface area contributed by atoms with Gasteiger partial charge in [0, 0.05) is 6.04 Å². The molecule has 2 N–H and O–H groups in total. The molecule has 0 aliphatic carbocycles. The van der Waals surface area contributed by atoms with Gasteiger partial charge in [0.1, 0.15) is 6.04 Å². The lowest BCUT2D eigenvalue weighted by Gasteiger charge is -2.24. The second kappa shape index (κ2) is 6.01. The zero-order chi connectivity index (χ0) is 13.9. The predicted octanol–water partition coefficient (Wildman–Crippen LogP) is 3.06. The van der Waals surface area contributed by atoms with E-state index in [4.69, 9.17) is 0 Å². The molecular formula is C15H23NO2. The molecule has 0 aromatic heterocycles. The van der Waals surface area contributed by atoms with Gasteiger partial charge in [0.15, 0.2) is 0 Å². The van der Waals surface area contributed by atoms with Crippen LogP contribution in [-0.2, 0) is 4.79 Å². The fourth-order valence-electron chi connectivity index (χ4n) is 2.22. The molecule has 0 aliphatic rings. The first-order valence-corrected chi connectivity index (χ1v) is 6.39. The van der Waals surface area contributed by atoms with Gasteiger partial charge >= 0.3 is 5.97 Å². The number of benzene rings is 1. The van der Waals surface area contributed by atoms with Crippen molar-refractivity contribution in [2.75, 3.05) is 0 Å². The van der Waals surface area contributed by atoms with Crippen molar-refractivity contribution in [2.24, 2.45) is 5.92 Å². The standard InChI is InChI=1S/C15H23NO2/c1-9(2)14(15(17)18)16-12(5)13-7-6-10(3)8-11(13)4/h6-9,12,14,16H,1-5H3,(H,17,18). The average Bonchev–Trinajstić information content (AvgIpc) is 2.24. The first-order valence-electron chi connectivity index (χ1n) is 6.39. The van der Waals surface area contributed by atoms with Crippen molar-refractivity contribution < 1.29 is 9.90 Å². The van der Waals surface area contributed by atoms with Gasteiger partial charge in [-0.05, 0) is 37.8 Å². The number of carboxylic acid groups (broad SMARTS) is 1. The average molecular weight is 249 g/mol. The molecule has 100 valence electrons. The fourth-order valence-corrected chi connectivity index (χ4v) is 2.22. The molecule has 0 aliphatic heterocycles. The summed E-state index contributed by atoms with van der Waals surface area (Å²) in [6.07, 6.45) is 0. The Kier molecular flexibility index (Phi) is 4.91. The van der Waals surface area contributed by atoms with Crippen LogP contribution >= 0.6 is 0 Å². The molecule has 0 spiro atoms. The lowest BCUT2D eigenvalue weighted by Crippen LogP contribution is -2.42. The lowest BCUT2D eigenvalue weighted by atomic mass is 9.97. The van der Waals surface area contributed by atoms with Crippen molar-refractivity contribution in [2.45, 2.75) is 46.7 Å². The number of rotatable bonds is 5. The molecule has 0 radical (unpaired) electrons. The maximum absolute atomic E-state index is 11.2. The van der Waals surface area contributed by atoms with E-state index in [-0.39, 0.29) is 12.0 Å². The number of carbonyl (C=O) groups is 1. The van der Waals surface area contributed by atoms with Gasteiger partial charge in [-0.3, -0.25) is 10.1 Å². The Morgan fingerprint density at radius 2 is 1.83 bits per heavy atom. The second-order valence-electron chi connectivity index (χ2n) is 5.31. The highest BCUT2D eigenvalue weighted by atomic mass is 16.4. The number of carboxylic acids is 1. The van der Waals surface area contributed by atoms with Crippen LogP contribution in [0.1, 0.15) is 43.5 Å². The molecule has 0 saturated heterocycles. The highest BCUT2D eigenvalue weighted by molar-refractivity contribution is 5.73. The van der Waals surface area contributed by atoms with Crippen molar-refractivity contribution in [3.8, 4) is 0 Å². The SMILES string of the molecule is Cc1ccc(C(C)NC(C(=O)O)C(C)C)c(C)c1. The molecule has 0 heterocycles. The number of hydrogen-bond donors (Lipinski definition) is 2. The zero-order valence-electron chi connectivity index (χ0n) is 11.8. The van der Waals surface area contributed by atoms with E-state index in [9.17, 15) is 9.90 Å². The highest BCUT2D eigenvalue weighted by Gasteiger charge is 2.23. The number of hydrogen-bond acceptors (Lipinski definition) is 2. The van der Waals surface area contributed by atoms with Crippen LogP contribution in [0.2, 0.25) is 0 Å². The van der Waals surface area contributed by atoms with Crippen LogP contribution < -0.4 is 5.32 Å². The summed E-state index contributed by atoms with van der Waals surface area (Å²) < 4.78 is 0. The van der Waals surface area contributed by atoms with Gasteiger partial charge in [-0.1, -0.05) is 37.6 Å². The summed E-state index contributed by atoms with van der Waals surface area (Å²) in [6.45, 7) is 9.96. The third kappa shape index (κ3) is 3.57. The second-order valence-corrected chi connectivity index (χ2v) is 5.31. The fraction of sp³-hybridized carbons (Fsp3) is 0.533.